The molecule has 0 unspecified atom stereocenters. The summed E-state index contributed by atoms with van der Waals surface area (Å²) in [5.41, 5.74) is 1.07. The van der Waals surface area contributed by atoms with Crippen molar-refractivity contribution in [1.82, 2.24) is 15.2 Å². The number of nitrogens with one attached hydrogen (secondary N) is 1. The van der Waals surface area contributed by atoms with Crippen LogP contribution >= 0.6 is 0 Å². The summed E-state index contributed by atoms with van der Waals surface area (Å²) >= 11 is 0. The summed E-state index contributed by atoms with van der Waals surface area (Å²) in [5, 5.41) is 2.85. The summed E-state index contributed by atoms with van der Waals surface area (Å²) in [6.07, 6.45) is 0.538. The molecule has 1 N–H and O–H groups in total. The fourth-order valence-electron chi connectivity index (χ4n) is 2.32. The minimum Gasteiger partial charge on any atom is -0.441 e. The number of urea groups is 1. The van der Waals surface area contributed by atoms with Gasteiger partial charge in [-0.3, -0.25) is 0 Å². The molecule has 6 heteroatoms. The average molecular weight is 319 g/mol. The van der Waals surface area contributed by atoms with E-state index in [0.29, 0.717) is 37.4 Å². The molecule has 0 fully saturated rings. The van der Waals surface area contributed by atoms with Crippen LogP contribution in [0.4, 0.5) is 9.18 Å². The highest BCUT2D eigenvalue weighted by Gasteiger charge is 2.15. The smallest absolute Gasteiger partial charge is 0.317 e. The van der Waals surface area contributed by atoms with E-state index in [0.717, 1.165) is 5.69 Å². The first-order valence-corrected chi connectivity index (χ1v) is 7.80. The number of benzene rings is 1. The molecule has 0 saturated carbocycles. The van der Waals surface area contributed by atoms with Crippen molar-refractivity contribution in [1.29, 1.82) is 0 Å². The van der Waals surface area contributed by atoms with Crippen LogP contribution in [0.15, 0.2) is 28.7 Å². The molecular formula is C17H22FN3O2. The third kappa shape index (κ3) is 4.09. The van der Waals surface area contributed by atoms with Crippen molar-refractivity contribution < 1.29 is 13.6 Å². The lowest BCUT2D eigenvalue weighted by Crippen LogP contribution is -2.40. The van der Waals surface area contributed by atoms with Gasteiger partial charge in [0.25, 0.3) is 0 Å². The molecule has 2 rings (SSSR count). The zero-order chi connectivity index (χ0) is 16.8. The van der Waals surface area contributed by atoms with Gasteiger partial charge in [0.15, 0.2) is 0 Å². The van der Waals surface area contributed by atoms with Crippen LogP contribution in [0.5, 0.6) is 0 Å². The Morgan fingerprint density at radius 1 is 1.30 bits per heavy atom. The number of amides is 2. The predicted molar refractivity (Wildman–Crippen MR) is 86.7 cm³/mol. The first-order chi connectivity index (χ1) is 11.1. The van der Waals surface area contributed by atoms with Gasteiger partial charge in [0.2, 0.25) is 5.89 Å². The van der Waals surface area contributed by atoms with E-state index in [1.807, 2.05) is 13.8 Å². The van der Waals surface area contributed by atoms with E-state index in [1.165, 1.54) is 6.07 Å². The van der Waals surface area contributed by atoms with Gasteiger partial charge in [-0.2, -0.15) is 0 Å². The topological polar surface area (TPSA) is 58.4 Å². The maximum Gasteiger partial charge on any atom is 0.317 e. The number of nitrogens with zero attached hydrogens (tertiary/aromatic N) is 2. The number of carbonyl (C=O) groups excluding carboxylic acids is 1. The van der Waals surface area contributed by atoms with Crippen molar-refractivity contribution in [2.24, 2.45) is 0 Å². The Bertz CT molecular complexity index is 666. The van der Waals surface area contributed by atoms with Crippen LogP contribution in [0.3, 0.4) is 0 Å². The van der Waals surface area contributed by atoms with Crippen LogP contribution in [0.2, 0.25) is 0 Å². The molecule has 0 aliphatic carbocycles. The van der Waals surface area contributed by atoms with Gasteiger partial charge in [-0.25, -0.2) is 14.2 Å². The molecule has 0 spiro atoms. The lowest BCUT2D eigenvalue weighted by atomic mass is 10.2. The number of carbonyl (C=O) groups is 1. The van der Waals surface area contributed by atoms with E-state index < -0.39 is 0 Å². The SMILES string of the molecule is CCN(CC)C(=O)NCCc1nc(-c2ccccc2F)oc1C. The molecule has 0 saturated heterocycles. The second-order valence-electron chi connectivity index (χ2n) is 5.16. The molecule has 5 nitrogen and oxygen atoms in total. The Morgan fingerprint density at radius 2 is 2.00 bits per heavy atom. The highest BCUT2D eigenvalue weighted by Crippen LogP contribution is 2.24. The summed E-state index contributed by atoms with van der Waals surface area (Å²) in [5.74, 6) is 0.543. The van der Waals surface area contributed by atoms with E-state index in [-0.39, 0.29) is 17.7 Å². The maximum absolute atomic E-state index is 13.8. The Hall–Kier alpha value is -2.37. The molecule has 1 aromatic carbocycles. The van der Waals surface area contributed by atoms with Gasteiger partial charge in [0.05, 0.1) is 11.3 Å². The molecule has 2 aromatic rings. The monoisotopic (exact) mass is 319 g/mol. The third-order valence-electron chi connectivity index (χ3n) is 3.69. The van der Waals surface area contributed by atoms with Gasteiger partial charge in [0.1, 0.15) is 11.6 Å². The van der Waals surface area contributed by atoms with Crippen LogP contribution in [0, 0.1) is 12.7 Å². The molecule has 0 aliphatic heterocycles. The summed E-state index contributed by atoms with van der Waals surface area (Å²) in [6, 6.07) is 6.27. The number of oxazole rings is 1. The second-order valence-corrected chi connectivity index (χ2v) is 5.16. The number of hydrogen-bond donors (Lipinski definition) is 1. The van der Waals surface area contributed by atoms with Crippen LogP contribution < -0.4 is 5.32 Å². The van der Waals surface area contributed by atoms with Gasteiger partial charge in [0, 0.05) is 26.1 Å². The van der Waals surface area contributed by atoms with E-state index in [2.05, 4.69) is 10.3 Å². The summed E-state index contributed by atoms with van der Waals surface area (Å²) in [7, 11) is 0. The van der Waals surface area contributed by atoms with Gasteiger partial charge >= 0.3 is 6.03 Å². The van der Waals surface area contributed by atoms with Gasteiger partial charge < -0.3 is 14.6 Å². The van der Waals surface area contributed by atoms with Crippen LogP contribution in [0.25, 0.3) is 11.5 Å². The molecule has 23 heavy (non-hydrogen) atoms. The molecule has 0 atom stereocenters. The van der Waals surface area contributed by atoms with Crippen molar-refractivity contribution in [3.8, 4) is 11.5 Å². The largest absolute Gasteiger partial charge is 0.441 e. The molecule has 0 aliphatic rings. The average Bonchev–Trinajstić information content (AvgIpc) is 2.90. The van der Waals surface area contributed by atoms with E-state index >= 15 is 0 Å². The van der Waals surface area contributed by atoms with Crippen LogP contribution in [-0.4, -0.2) is 35.5 Å². The molecule has 0 bridgehead atoms. The Labute approximate surface area is 135 Å². The number of hydrogen-bond acceptors (Lipinski definition) is 3. The zero-order valence-corrected chi connectivity index (χ0v) is 13.7. The van der Waals surface area contributed by atoms with E-state index in [4.69, 9.17) is 4.42 Å². The minimum atomic E-state index is -0.366. The van der Waals surface area contributed by atoms with Crippen molar-refractivity contribution in [3.05, 3.63) is 41.5 Å². The van der Waals surface area contributed by atoms with Gasteiger partial charge in [-0.15, -0.1) is 0 Å². The number of aryl methyl sites for hydroxylation is 1. The summed E-state index contributed by atoms with van der Waals surface area (Å²) < 4.78 is 19.3. The lowest BCUT2D eigenvalue weighted by molar-refractivity contribution is 0.203. The second kappa shape index (κ2) is 7.76. The van der Waals surface area contributed by atoms with Gasteiger partial charge in [-0.05, 0) is 32.9 Å². The Balaban J connectivity index is 2.00. The molecule has 1 heterocycles. The summed E-state index contributed by atoms with van der Waals surface area (Å²) in [6.45, 7) is 7.46. The van der Waals surface area contributed by atoms with Crippen LogP contribution in [0.1, 0.15) is 25.3 Å². The maximum atomic E-state index is 13.8. The van der Waals surface area contributed by atoms with Crippen molar-refractivity contribution in [2.45, 2.75) is 27.2 Å². The minimum absolute atomic E-state index is 0.0922. The summed E-state index contributed by atoms with van der Waals surface area (Å²) in [4.78, 5) is 17.9. The normalized spacial score (nSPS) is 10.6. The molecule has 2 amide bonds. The fourth-order valence-corrected chi connectivity index (χ4v) is 2.32. The molecule has 1 aromatic heterocycles. The first-order valence-electron chi connectivity index (χ1n) is 7.80. The predicted octanol–water partition coefficient (Wildman–Crippen LogP) is 3.38. The number of aromatic nitrogens is 1. The molecular weight excluding hydrogens is 297 g/mol. The standard InChI is InChI=1S/C17H22FN3O2/c1-4-21(5-2)17(22)19-11-10-15-12(3)23-16(20-15)13-8-6-7-9-14(13)18/h6-9H,4-5,10-11H2,1-3H3,(H,19,22). The van der Waals surface area contributed by atoms with Gasteiger partial charge in [-0.1, -0.05) is 12.1 Å². The Kier molecular flexibility index (Phi) is 5.73. The number of halogens is 1. The third-order valence-corrected chi connectivity index (χ3v) is 3.69. The van der Waals surface area contributed by atoms with Crippen molar-refractivity contribution in [3.63, 3.8) is 0 Å². The molecule has 124 valence electrons. The zero-order valence-electron chi connectivity index (χ0n) is 13.7. The highest BCUT2D eigenvalue weighted by molar-refractivity contribution is 5.74. The van der Waals surface area contributed by atoms with E-state index in [1.54, 1.807) is 30.0 Å². The lowest BCUT2D eigenvalue weighted by Gasteiger charge is -2.18. The van der Waals surface area contributed by atoms with Crippen LogP contribution in [-0.2, 0) is 6.42 Å². The van der Waals surface area contributed by atoms with E-state index in [9.17, 15) is 9.18 Å². The van der Waals surface area contributed by atoms with Crippen molar-refractivity contribution in [2.75, 3.05) is 19.6 Å². The number of rotatable bonds is 6. The quantitative estimate of drug-likeness (QED) is 0.888. The highest BCUT2D eigenvalue weighted by atomic mass is 19.1. The van der Waals surface area contributed by atoms with Crippen molar-refractivity contribution >= 4 is 6.03 Å². The fraction of sp³-hybridized carbons (Fsp3) is 0.412. The Morgan fingerprint density at radius 3 is 2.65 bits per heavy atom. The molecule has 0 radical (unpaired) electrons. The first kappa shape index (κ1) is 17.0.